The average molecular weight is 757 g/mol. The number of nitrogens with one attached hydrogen (secondary N) is 5. The molecule has 1 aliphatic carbocycles. The Balaban J connectivity index is 0.980. The second kappa shape index (κ2) is 16.8. The smallest absolute Gasteiger partial charge is 0.315 e. The summed E-state index contributed by atoms with van der Waals surface area (Å²) in [6.45, 7) is 4.83. The number of aliphatic hydroxyl groups excluding tert-OH is 2. The van der Waals surface area contributed by atoms with Gasteiger partial charge in [0.2, 0.25) is 5.95 Å². The van der Waals surface area contributed by atoms with E-state index in [-0.39, 0.29) is 23.9 Å². The largest absolute Gasteiger partial charge is 0.390 e. The van der Waals surface area contributed by atoms with Crippen LogP contribution >= 0.6 is 0 Å². The molecule has 56 heavy (non-hydrogen) atoms. The molecule has 2 aliphatic rings. The maximum Gasteiger partial charge on any atom is 0.315 e. The lowest BCUT2D eigenvalue weighted by Gasteiger charge is -2.33. The van der Waals surface area contributed by atoms with Crippen molar-refractivity contribution >= 4 is 34.8 Å². The lowest BCUT2D eigenvalue weighted by atomic mass is 9.91. The predicted molar refractivity (Wildman–Crippen MR) is 215 cm³/mol. The van der Waals surface area contributed by atoms with E-state index in [0.29, 0.717) is 49.0 Å². The average Bonchev–Trinajstić information content (AvgIpc) is 3.94. The molecule has 290 valence electrons. The minimum atomic E-state index is -1.06. The number of aliphatic hydroxyl groups is 2. The minimum absolute atomic E-state index is 0.0241. The molecule has 1 aliphatic heterocycles. The van der Waals surface area contributed by atoms with E-state index >= 15 is 0 Å². The number of hydrogen-bond donors (Lipinski definition) is 7. The van der Waals surface area contributed by atoms with Crippen LogP contribution in [-0.4, -0.2) is 102 Å². The van der Waals surface area contributed by atoms with Crippen molar-refractivity contribution in [2.45, 2.75) is 62.3 Å². The number of benzene rings is 2. The van der Waals surface area contributed by atoms with Gasteiger partial charge in [-0.3, -0.25) is 5.10 Å². The second-order valence-electron chi connectivity index (χ2n) is 14.6. The van der Waals surface area contributed by atoms with Gasteiger partial charge in [-0.05, 0) is 55.0 Å². The first-order chi connectivity index (χ1) is 27.4. The number of imidazole rings is 1. The quantitative estimate of drug-likeness (QED) is 0.0830. The Morgan fingerprint density at radius 2 is 1.62 bits per heavy atom. The van der Waals surface area contributed by atoms with Gasteiger partial charge in [-0.25, -0.2) is 14.8 Å². The molecular weight excluding hydrogens is 709 g/mol. The van der Waals surface area contributed by atoms with Crippen molar-refractivity contribution in [3.8, 4) is 0 Å². The number of piperidine rings is 1. The Labute approximate surface area is 325 Å². The van der Waals surface area contributed by atoms with Crippen LogP contribution in [0, 0.1) is 6.92 Å². The summed E-state index contributed by atoms with van der Waals surface area (Å²) in [6, 6.07) is 25.9. The molecule has 6 aromatic rings. The molecule has 0 bridgehead atoms. The van der Waals surface area contributed by atoms with E-state index in [0.717, 1.165) is 54.1 Å². The second-order valence-corrected chi connectivity index (χ2v) is 14.6. The lowest BCUT2D eigenvalue weighted by molar-refractivity contribution is 0.0173. The molecule has 15 nitrogen and oxygen atoms in total. The molecule has 1 saturated carbocycles. The van der Waals surface area contributed by atoms with E-state index in [2.05, 4.69) is 65.6 Å². The zero-order valence-corrected chi connectivity index (χ0v) is 31.3. The number of carbonyl (C=O) groups is 1. The number of H-pyrrole nitrogens is 1. The lowest BCUT2D eigenvalue weighted by Crippen LogP contribution is -2.48. The third-order valence-corrected chi connectivity index (χ3v) is 11.0. The van der Waals surface area contributed by atoms with Crippen LogP contribution in [0.25, 0.3) is 11.2 Å². The van der Waals surface area contributed by atoms with Gasteiger partial charge in [0, 0.05) is 62.5 Å². The third-order valence-electron chi connectivity index (χ3n) is 11.0. The number of nitrogens with zero attached hydrogens (tertiary/aromatic N) is 7. The van der Waals surface area contributed by atoms with Crippen molar-refractivity contribution in [1.82, 2.24) is 45.3 Å². The van der Waals surface area contributed by atoms with E-state index in [4.69, 9.17) is 15.0 Å². The fourth-order valence-corrected chi connectivity index (χ4v) is 8.04. The maximum absolute atomic E-state index is 12.9. The molecule has 5 heterocycles. The standard InChI is InChI=1S/C41H48N12O3/c1-26-23-47-51-34(26)30-22-32(37(55)36(30)54)53-25-46-35-38(45-24-31(27-10-4-2-5-11-27)28-12-6-3-7-13-28)49-40(50-39(35)53)43-18-19-44-41(56)48-29-15-20-52(21-16-29)33-14-8-9-17-42-33/h2-14,17,23,25,29-32,36-37,54-55H,15-16,18-22,24H2,1H3,(H,47,51)(H2,44,48,56)(H2,43,45,49,50)/t30-,32+,36+,37-/m0/s1. The first-order valence-corrected chi connectivity index (χ1v) is 19.3. The Bertz CT molecular complexity index is 2150. The monoisotopic (exact) mass is 756 g/mol. The number of carbonyl (C=O) groups excluding carboxylic acids is 1. The van der Waals surface area contributed by atoms with Gasteiger partial charge in [0.1, 0.15) is 11.9 Å². The highest BCUT2D eigenvalue weighted by atomic mass is 16.3. The SMILES string of the molecule is Cc1cn[nH]c1[C@@H]1C[C@@H](n2cnc3c(NCC(c4ccccc4)c4ccccc4)nc(NCCNC(=O)NC4CCN(c5ccccn5)CC4)nc32)[C@H](O)[C@@H]1O. The first-order valence-electron chi connectivity index (χ1n) is 19.3. The molecule has 0 spiro atoms. The summed E-state index contributed by atoms with van der Waals surface area (Å²) in [5.74, 6) is 1.52. The number of urea groups is 1. The normalized spacial score (nSPS) is 20.0. The number of anilines is 3. The summed E-state index contributed by atoms with van der Waals surface area (Å²) in [5, 5.41) is 42.6. The number of rotatable bonds is 13. The molecule has 7 N–H and O–H groups in total. The van der Waals surface area contributed by atoms with Crippen molar-refractivity contribution in [2.24, 2.45) is 0 Å². The van der Waals surface area contributed by atoms with Gasteiger partial charge in [0.05, 0.1) is 24.7 Å². The van der Waals surface area contributed by atoms with Crippen molar-refractivity contribution in [3.63, 3.8) is 0 Å². The highest BCUT2D eigenvalue weighted by Crippen LogP contribution is 2.43. The Morgan fingerprint density at radius 1 is 0.893 bits per heavy atom. The van der Waals surface area contributed by atoms with Crippen molar-refractivity contribution in [2.75, 3.05) is 48.3 Å². The topological polar surface area (TPSA) is 194 Å². The van der Waals surface area contributed by atoms with Crippen molar-refractivity contribution in [3.05, 3.63) is 120 Å². The summed E-state index contributed by atoms with van der Waals surface area (Å²) in [4.78, 5) is 34.0. The van der Waals surface area contributed by atoms with Crippen molar-refractivity contribution < 1.29 is 15.0 Å². The predicted octanol–water partition coefficient (Wildman–Crippen LogP) is 4.33. The number of amides is 2. The summed E-state index contributed by atoms with van der Waals surface area (Å²) >= 11 is 0. The molecule has 4 aromatic heterocycles. The van der Waals surface area contributed by atoms with E-state index < -0.39 is 18.2 Å². The van der Waals surface area contributed by atoms with E-state index in [9.17, 15) is 15.0 Å². The highest BCUT2D eigenvalue weighted by molar-refractivity contribution is 5.84. The molecular formula is C41H48N12O3. The molecule has 0 unspecified atom stereocenters. The Hall–Kier alpha value is -6.06. The number of aromatic amines is 1. The maximum atomic E-state index is 12.9. The molecule has 8 rings (SSSR count). The molecule has 2 fully saturated rings. The van der Waals surface area contributed by atoms with Gasteiger partial charge in [-0.2, -0.15) is 15.1 Å². The van der Waals surface area contributed by atoms with E-state index in [1.54, 1.807) is 18.7 Å². The number of pyridine rings is 1. The number of aromatic nitrogens is 7. The highest BCUT2D eigenvalue weighted by Gasteiger charge is 2.45. The van der Waals surface area contributed by atoms with Crippen LogP contribution in [0.5, 0.6) is 0 Å². The first kappa shape index (κ1) is 36.9. The number of aryl methyl sites for hydroxylation is 1. The third kappa shape index (κ3) is 8.00. The fourth-order valence-electron chi connectivity index (χ4n) is 8.04. The van der Waals surface area contributed by atoms with Crippen LogP contribution in [0.2, 0.25) is 0 Å². The summed E-state index contributed by atoms with van der Waals surface area (Å²) < 4.78 is 1.84. The van der Waals surface area contributed by atoms with Crippen LogP contribution in [0.4, 0.5) is 22.4 Å². The van der Waals surface area contributed by atoms with Gasteiger partial charge in [0.15, 0.2) is 17.0 Å². The summed E-state index contributed by atoms with van der Waals surface area (Å²) in [6.07, 6.45) is 5.25. The molecule has 0 radical (unpaired) electrons. The van der Waals surface area contributed by atoms with Gasteiger partial charge in [-0.15, -0.1) is 0 Å². The molecule has 15 heteroatoms. The minimum Gasteiger partial charge on any atom is -0.390 e. The van der Waals surface area contributed by atoms with E-state index in [1.807, 2.05) is 66.1 Å². The number of fused-ring (bicyclic) bond motifs is 1. The van der Waals surface area contributed by atoms with Gasteiger partial charge < -0.3 is 40.9 Å². The van der Waals surface area contributed by atoms with Crippen molar-refractivity contribution in [1.29, 1.82) is 0 Å². The van der Waals surface area contributed by atoms with Gasteiger partial charge >= 0.3 is 6.03 Å². The summed E-state index contributed by atoms with van der Waals surface area (Å²) in [5.41, 5.74) is 5.12. The van der Waals surface area contributed by atoms with Crippen LogP contribution in [0.3, 0.4) is 0 Å². The van der Waals surface area contributed by atoms with Crippen LogP contribution in [0.1, 0.15) is 59.5 Å². The fraction of sp³-hybridized carbons (Fsp3) is 0.366. The van der Waals surface area contributed by atoms with Crippen LogP contribution < -0.4 is 26.2 Å². The van der Waals surface area contributed by atoms with Gasteiger partial charge in [0.25, 0.3) is 0 Å². The molecule has 2 aromatic carbocycles. The zero-order valence-electron chi connectivity index (χ0n) is 31.3. The van der Waals surface area contributed by atoms with Crippen LogP contribution in [-0.2, 0) is 0 Å². The molecule has 1 saturated heterocycles. The number of hydrogen-bond acceptors (Lipinski definition) is 11. The zero-order chi connectivity index (χ0) is 38.4. The molecule has 2 amide bonds. The molecule has 4 atom stereocenters. The van der Waals surface area contributed by atoms with Crippen LogP contribution in [0.15, 0.2) is 97.6 Å². The van der Waals surface area contributed by atoms with Gasteiger partial charge in [-0.1, -0.05) is 66.7 Å². The summed E-state index contributed by atoms with van der Waals surface area (Å²) in [7, 11) is 0. The van der Waals surface area contributed by atoms with E-state index in [1.165, 1.54) is 0 Å². The Morgan fingerprint density at radius 3 is 2.30 bits per heavy atom. The Kier molecular flexibility index (Phi) is 11.0.